The van der Waals surface area contributed by atoms with Crippen molar-refractivity contribution in [3.05, 3.63) is 11.6 Å². The van der Waals surface area contributed by atoms with Gasteiger partial charge in [-0.2, -0.15) is 0 Å². The predicted octanol–water partition coefficient (Wildman–Crippen LogP) is 4.69. The minimum Gasteiger partial charge on any atom is -0.390 e. The van der Waals surface area contributed by atoms with Crippen LogP contribution in [0.1, 0.15) is 86.5 Å². The monoisotopic (exact) mass is 390 g/mol. The lowest BCUT2D eigenvalue weighted by Gasteiger charge is -2.54. The molecule has 3 heteroatoms. The Morgan fingerprint density at radius 2 is 1.75 bits per heavy atom. The van der Waals surface area contributed by atoms with Gasteiger partial charge in [0.05, 0.1) is 11.7 Å². The van der Waals surface area contributed by atoms with Crippen LogP contribution in [0.4, 0.5) is 0 Å². The van der Waals surface area contributed by atoms with Crippen molar-refractivity contribution in [1.82, 2.24) is 0 Å². The quantitative estimate of drug-likeness (QED) is 0.610. The SMILES string of the molecule is C[C@H]1CC[C@@]23C1=C[C@@]1(C)CC[C@](C)(C[C@H](O)[C@H](O)C(C)(C)O)[C@H]1[C@@H]2CC[C@@H]3C. The highest BCUT2D eigenvalue weighted by Gasteiger charge is 2.67. The van der Waals surface area contributed by atoms with Gasteiger partial charge < -0.3 is 15.3 Å². The molecule has 28 heavy (non-hydrogen) atoms. The molecule has 0 heterocycles. The lowest BCUT2D eigenvalue weighted by molar-refractivity contribution is -0.123. The van der Waals surface area contributed by atoms with E-state index >= 15 is 0 Å². The number of fused-ring (bicyclic) bond motifs is 2. The standard InChI is InChI=1S/C25H42O3/c1-15-9-10-25-16(2)7-8-17(25)20-23(5,13-18(15)25)11-12-24(20,6)14-19(26)21(27)22(3,4)28/h13,15-17,19-21,26-28H,7-12,14H2,1-6H3/t15-,16-,17-,19-,20-,21-,23+,24+,25-/m0/s1. The Balaban J connectivity index is 1.71. The molecule has 0 amide bonds. The van der Waals surface area contributed by atoms with Gasteiger partial charge in [0.2, 0.25) is 0 Å². The van der Waals surface area contributed by atoms with Gasteiger partial charge in [-0.1, -0.05) is 39.3 Å². The number of aliphatic hydroxyl groups excluding tert-OH is 2. The summed E-state index contributed by atoms with van der Waals surface area (Å²) in [5.41, 5.74) is 1.09. The van der Waals surface area contributed by atoms with E-state index in [0.29, 0.717) is 23.7 Å². The molecule has 0 radical (unpaired) electrons. The van der Waals surface area contributed by atoms with Crippen LogP contribution in [-0.2, 0) is 0 Å². The first-order valence-corrected chi connectivity index (χ1v) is 11.7. The Kier molecular flexibility index (Phi) is 4.70. The zero-order valence-corrected chi connectivity index (χ0v) is 18.8. The van der Waals surface area contributed by atoms with Crippen molar-refractivity contribution >= 4 is 0 Å². The van der Waals surface area contributed by atoms with Gasteiger partial charge >= 0.3 is 0 Å². The van der Waals surface area contributed by atoms with E-state index in [9.17, 15) is 15.3 Å². The summed E-state index contributed by atoms with van der Waals surface area (Å²) in [4.78, 5) is 0. The second kappa shape index (κ2) is 6.31. The Morgan fingerprint density at radius 3 is 2.39 bits per heavy atom. The third-order valence-corrected chi connectivity index (χ3v) is 9.86. The molecule has 3 N–H and O–H groups in total. The van der Waals surface area contributed by atoms with Crippen LogP contribution in [0.15, 0.2) is 11.6 Å². The zero-order valence-electron chi connectivity index (χ0n) is 18.8. The maximum absolute atomic E-state index is 10.8. The topological polar surface area (TPSA) is 60.7 Å². The van der Waals surface area contributed by atoms with Gasteiger partial charge in [0.25, 0.3) is 0 Å². The van der Waals surface area contributed by atoms with E-state index in [4.69, 9.17) is 0 Å². The van der Waals surface area contributed by atoms with Crippen LogP contribution < -0.4 is 0 Å². The molecule has 3 saturated carbocycles. The van der Waals surface area contributed by atoms with Gasteiger partial charge in [-0.3, -0.25) is 0 Å². The van der Waals surface area contributed by atoms with E-state index in [1.807, 2.05) is 0 Å². The normalized spacial score (nSPS) is 50.0. The lowest BCUT2D eigenvalue weighted by atomic mass is 9.50. The number of allylic oxidation sites excluding steroid dienone is 2. The minimum absolute atomic E-state index is 0.00990. The maximum Gasteiger partial charge on any atom is 0.108 e. The van der Waals surface area contributed by atoms with Crippen LogP contribution in [0.5, 0.6) is 0 Å². The Labute approximate surface area is 171 Å². The fourth-order valence-corrected chi connectivity index (χ4v) is 8.61. The maximum atomic E-state index is 10.8. The van der Waals surface area contributed by atoms with Gasteiger partial charge in [-0.05, 0) is 98.7 Å². The molecule has 9 atom stereocenters. The second-order valence-corrected chi connectivity index (χ2v) is 12.2. The van der Waals surface area contributed by atoms with Crippen molar-refractivity contribution < 1.29 is 15.3 Å². The van der Waals surface area contributed by atoms with E-state index < -0.39 is 17.8 Å². The molecule has 0 aromatic carbocycles. The molecule has 4 aliphatic rings. The zero-order chi connectivity index (χ0) is 20.7. The van der Waals surface area contributed by atoms with E-state index in [1.165, 1.54) is 32.1 Å². The van der Waals surface area contributed by atoms with Crippen LogP contribution in [0, 0.1) is 39.9 Å². The van der Waals surface area contributed by atoms with Gasteiger partial charge in [-0.15, -0.1) is 0 Å². The third-order valence-electron chi connectivity index (χ3n) is 9.86. The van der Waals surface area contributed by atoms with Gasteiger partial charge in [0, 0.05) is 0 Å². The third kappa shape index (κ3) is 2.72. The average molecular weight is 391 g/mol. The van der Waals surface area contributed by atoms with Gasteiger partial charge in [0.15, 0.2) is 0 Å². The molecular formula is C25H42O3. The van der Waals surface area contributed by atoms with E-state index in [1.54, 1.807) is 19.4 Å². The largest absolute Gasteiger partial charge is 0.390 e. The van der Waals surface area contributed by atoms with Crippen LogP contribution in [0.2, 0.25) is 0 Å². The molecule has 160 valence electrons. The van der Waals surface area contributed by atoms with Gasteiger partial charge in [0.1, 0.15) is 6.10 Å². The van der Waals surface area contributed by atoms with E-state index in [0.717, 1.165) is 18.3 Å². The van der Waals surface area contributed by atoms with E-state index in [-0.39, 0.29) is 10.8 Å². The van der Waals surface area contributed by atoms with Crippen molar-refractivity contribution in [1.29, 1.82) is 0 Å². The van der Waals surface area contributed by atoms with Crippen molar-refractivity contribution in [3.8, 4) is 0 Å². The predicted molar refractivity (Wildman–Crippen MR) is 113 cm³/mol. The van der Waals surface area contributed by atoms with Crippen LogP contribution in [0.3, 0.4) is 0 Å². The summed E-state index contributed by atoms with van der Waals surface area (Å²) in [7, 11) is 0. The summed E-state index contributed by atoms with van der Waals surface area (Å²) in [5, 5.41) is 31.6. The first kappa shape index (κ1) is 20.9. The summed E-state index contributed by atoms with van der Waals surface area (Å²) in [5.74, 6) is 2.74. The number of hydrogen-bond acceptors (Lipinski definition) is 3. The first-order chi connectivity index (χ1) is 12.9. The fraction of sp³-hybridized carbons (Fsp3) is 0.920. The smallest absolute Gasteiger partial charge is 0.108 e. The van der Waals surface area contributed by atoms with E-state index in [2.05, 4.69) is 33.8 Å². The summed E-state index contributed by atoms with van der Waals surface area (Å²) < 4.78 is 0. The molecule has 3 nitrogen and oxygen atoms in total. The molecule has 4 rings (SSSR count). The molecule has 0 bridgehead atoms. The number of rotatable bonds is 4. The summed E-state index contributed by atoms with van der Waals surface area (Å²) in [6, 6.07) is 0. The molecule has 0 unspecified atom stereocenters. The Bertz CT molecular complexity index is 663. The highest BCUT2D eigenvalue weighted by molar-refractivity contribution is 5.35. The summed E-state index contributed by atoms with van der Waals surface area (Å²) in [6.45, 7) is 12.9. The van der Waals surface area contributed by atoms with Gasteiger partial charge in [-0.25, -0.2) is 0 Å². The van der Waals surface area contributed by atoms with Crippen molar-refractivity contribution in [2.45, 2.75) is 104 Å². The first-order valence-electron chi connectivity index (χ1n) is 11.7. The second-order valence-electron chi connectivity index (χ2n) is 12.2. The molecule has 0 saturated heterocycles. The lowest BCUT2D eigenvalue weighted by Crippen LogP contribution is -2.51. The molecule has 1 spiro atoms. The molecule has 0 aromatic rings. The van der Waals surface area contributed by atoms with Crippen molar-refractivity contribution in [3.63, 3.8) is 0 Å². The van der Waals surface area contributed by atoms with Crippen LogP contribution >= 0.6 is 0 Å². The van der Waals surface area contributed by atoms with Crippen LogP contribution in [-0.4, -0.2) is 33.1 Å². The highest BCUT2D eigenvalue weighted by atomic mass is 16.4. The molecular weight excluding hydrogens is 348 g/mol. The number of hydrogen-bond donors (Lipinski definition) is 3. The highest BCUT2D eigenvalue weighted by Crippen LogP contribution is 2.74. The van der Waals surface area contributed by atoms with Crippen molar-refractivity contribution in [2.75, 3.05) is 0 Å². The summed E-state index contributed by atoms with van der Waals surface area (Å²) in [6.07, 6.45) is 8.87. The Hall–Kier alpha value is -0.380. The number of aliphatic hydroxyl groups is 3. The Morgan fingerprint density at radius 1 is 1.07 bits per heavy atom. The molecule has 0 aromatic heterocycles. The van der Waals surface area contributed by atoms with Crippen molar-refractivity contribution in [2.24, 2.45) is 39.9 Å². The molecule has 0 aliphatic heterocycles. The molecule has 3 fully saturated rings. The average Bonchev–Trinajstić information content (AvgIpc) is 3.18. The minimum atomic E-state index is -1.28. The molecule has 4 aliphatic carbocycles. The van der Waals surface area contributed by atoms with Crippen LogP contribution in [0.25, 0.3) is 0 Å². The fourth-order valence-electron chi connectivity index (χ4n) is 8.61. The summed E-state index contributed by atoms with van der Waals surface area (Å²) >= 11 is 0.